The standard InChI is InChI=1S/C17H13Cl2N3O2S/c1-24-11-5-3-10(4-6-11)21-17-22-16(20)15(25-17)14(23)9-2-7-12(18)13(19)8-9/h2-8H,20H2,1H3,(H,21,22). The maximum Gasteiger partial charge on any atom is 0.206 e. The Morgan fingerprint density at radius 1 is 1.16 bits per heavy atom. The molecule has 0 saturated carbocycles. The molecule has 0 fully saturated rings. The van der Waals surface area contributed by atoms with Crippen molar-refractivity contribution in [2.24, 2.45) is 0 Å². The molecule has 0 radical (unpaired) electrons. The van der Waals surface area contributed by atoms with Gasteiger partial charge >= 0.3 is 0 Å². The number of nitrogen functional groups attached to an aromatic ring is 1. The molecular weight excluding hydrogens is 381 g/mol. The monoisotopic (exact) mass is 393 g/mol. The number of carbonyl (C=O) groups is 1. The van der Waals surface area contributed by atoms with Gasteiger partial charge in [-0.25, -0.2) is 4.98 Å². The van der Waals surface area contributed by atoms with Crippen molar-refractivity contribution >= 4 is 57.0 Å². The van der Waals surface area contributed by atoms with E-state index in [2.05, 4.69) is 10.3 Å². The highest BCUT2D eigenvalue weighted by atomic mass is 35.5. The zero-order valence-electron chi connectivity index (χ0n) is 13.0. The fourth-order valence-electron chi connectivity index (χ4n) is 2.11. The number of thiazole rings is 1. The van der Waals surface area contributed by atoms with Crippen LogP contribution in [0, 0.1) is 0 Å². The first kappa shape index (κ1) is 17.5. The lowest BCUT2D eigenvalue weighted by molar-refractivity contribution is 0.104. The molecule has 0 aliphatic heterocycles. The van der Waals surface area contributed by atoms with Crippen LogP contribution in [-0.4, -0.2) is 17.9 Å². The van der Waals surface area contributed by atoms with E-state index >= 15 is 0 Å². The Bertz CT molecular complexity index is 926. The lowest BCUT2D eigenvalue weighted by atomic mass is 10.1. The number of ether oxygens (including phenoxy) is 1. The minimum atomic E-state index is -0.253. The number of carbonyl (C=O) groups excluding carboxylic acids is 1. The number of halogens is 2. The third-order valence-corrected chi connectivity index (χ3v) is 5.11. The molecule has 2 aromatic carbocycles. The van der Waals surface area contributed by atoms with Gasteiger partial charge in [0.25, 0.3) is 0 Å². The van der Waals surface area contributed by atoms with Gasteiger partial charge in [0, 0.05) is 11.3 Å². The Hall–Kier alpha value is -2.28. The number of rotatable bonds is 5. The summed E-state index contributed by atoms with van der Waals surface area (Å²) in [5.41, 5.74) is 7.12. The fourth-order valence-corrected chi connectivity index (χ4v) is 3.28. The van der Waals surface area contributed by atoms with Crippen molar-refractivity contribution in [2.75, 3.05) is 18.2 Å². The van der Waals surface area contributed by atoms with Crippen LogP contribution >= 0.6 is 34.5 Å². The Morgan fingerprint density at radius 2 is 1.88 bits per heavy atom. The molecule has 128 valence electrons. The molecule has 0 aliphatic rings. The molecule has 0 unspecified atom stereocenters. The average molecular weight is 394 g/mol. The topological polar surface area (TPSA) is 77.2 Å². The van der Waals surface area contributed by atoms with Crippen molar-refractivity contribution in [3.05, 3.63) is 63.0 Å². The number of hydrogen-bond donors (Lipinski definition) is 2. The van der Waals surface area contributed by atoms with Crippen LogP contribution in [0.1, 0.15) is 15.2 Å². The van der Waals surface area contributed by atoms with Crippen LogP contribution < -0.4 is 15.8 Å². The zero-order valence-corrected chi connectivity index (χ0v) is 15.4. The predicted molar refractivity (Wildman–Crippen MR) is 103 cm³/mol. The molecule has 0 bridgehead atoms. The molecule has 0 aliphatic carbocycles. The van der Waals surface area contributed by atoms with E-state index in [0.29, 0.717) is 25.6 Å². The van der Waals surface area contributed by atoms with E-state index in [1.807, 2.05) is 24.3 Å². The minimum Gasteiger partial charge on any atom is -0.497 e. The van der Waals surface area contributed by atoms with Gasteiger partial charge in [0.2, 0.25) is 5.78 Å². The molecule has 0 saturated heterocycles. The quantitative estimate of drug-likeness (QED) is 0.595. The van der Waals surface area contributed by atoms with Gasteiger partial charge in [0.1, 0.15) is 16.4 Å². The van der Waals surface area contributed by atoms with Gasteiger partial charge in [-0.3, -0.25) is 4.79 Å². The van der Waals surface area contributed by atoms with Crippen LogP contribution in [0.15, 0.2) is 42.5 Å². The van der Waals surface area contributed by atoms with E-state index in [1.54, 1.807) is 19.2 Å². The molecule has 3 N–H and O–H groups in total. The number of methoxy groups -OCH3 is 1. The number of ketones is 1. The van der Waals surface area contributed by atoms with Crippen molar-refractivity contribution in [2.45, 2.75) is 0 Å². The van der Waals surface area contributed by atoms with Gasteiger partial charge in [0.15, 0.2) is 5.13 Å². The van der Waals surface area contributed by atoms with Gasteiger partial charge in [-0.1, -0.05) is 34.5 Å². The lowest BCUT2D eigenvalue weighted by Gasteiger charge is -2.03. The minimum absolute atomic E-state index is 0.164. The first-order chi connectivity index (χ1) is 12.0. The van der Waals surface area contributed by atoms with Gasteiger partial charge in [-0.15, -0.1) is 0 Å². The SMILES string of the molecule is COc1ccc(Nc2nc(N)c(C(=O)c3ccc(Cl)c(Cl)c3)s2)cc1. The molecule has 25 heavy (non-hydrogen) atoms. The molecule has 3 rings (SSSR count). The third-order valence-electron chi connectivity index (χ3n) is 3.38. The van der Waals surface area contributed by atoms with Crippen LogP contribution in [0.2, 0.25) is 10.0 Å². The van der Waals surface area contributed by atoms with Gasteiger partial charge in [0.05, 0.1) is 17.2 Å². The summed E-state index contributed by atoms with van der Waals surface area (Å²) in [5.74, 6) is 0.660. The van der Waals surface area contributed by atoms with Gasteiger partial charge in [-0.2, -0.15) is 0 Å². The summed E-state index contributed by atoms with van der Waals surface area (Å²) in [4.78, 5) is 17.2. The summed E-state index contributed by atoms with van der Waals surface area (Å²) in [6.45, 7) is 0. The Labute approximate surface area is 158 Å². The number of nitrogens with two attached hydrogens (primary N) is 1. The summed E-state index contributed by atoms with van der Waals surface area (Å²) in [7, 11) is 1.60. The second-order valence-electron chi connectivity index (χ2n) is 5.04. The largest absolute Gasteiger partial charge is 0.497 e. The van der Waals surface area contributed by atoms with E-state index in [-0.39, 0.29) is 11.6 Å². The van der Waals surface area contributed by atoms with Crippen molar-refractivity contribution in [1.29, 1.82) is 0 Å². The molecule has 1 aromatic heterocycles. The van der Waals surface area contributed by atoms with Crippen molar-refractivity contribution in [1.82, 2.24) is 4.98 Å². The van der Waals surface area contributed by atoms with Gasteiger partial charge in [-0.05, 0) is 42.5 Å². The highest BCUT2D eigenvalue weighted by molar-refractivity contribution is 7.18. The number of hydrogen-bond acceptors (Lipinski definition) is 6. The van der Waals surface area contributed by atoms with E-state index in [0.717, 1.165) is 11.4 Å². The Morgan fingerprint density at radius 3 is 2.52 bits per heavy atom. The summed E-state index contributed by atoms with van der Waals surface area (Å²) in [6, 6.07) is 12.0. The second-order valence-corrected chi connectivity index (χ2v) is 6.86. The smallest absolute Gasteiger partial charge is 0.206 e. The summed E-state index contributed by atoms with van der Waals surface area (Å²) in [6.07, 6.45) is 0. The molecule has 5 nitrogen and oxygen atoms in total. The Balaban J connectivity index is 1.83. The maximum atomic E-state index is 12.6. The van der Waals surface area contributed by atoms with E-state index in [1.165, 1.54) is 17.4 Å². The summed E-state index contributed by atoms with van der Waals surface area (Å²) in [5, 5.41) is 4.33. The molecular formula is C17H13Cl2N3O2S. The van der Waals surface area contributed by atoms with Crippen LogP contribution in [-0.2, 0) is 0 Å². The molecule has 0 atom stereocenters. The number of nitrogens with one attached hydrogen (secondary N) is 1. The second kappa shape index (κ2) is 7.31. The fraction of sp³-hybridized carbons (Fsp3) is 0.0588. The molecule has 3 aromatic rings. The van der Waals surface area contributed by atoms with Crippen molar-refractivity contribution in [3.63, 3.8) is 0 Å². The highest BCUT2D eigenvalue weighted by Gasteiger charge is 2.19. The Kier molecular flexibility index (Phi) is 5.13. The van der Waals surface area contributed by atoms with Crippen molar-refractivity contribution in [3.8, 4) is 5.75 Å². The number of benzene rings is 2. The van der Waals surface area contributed by atoms with Crippen LogP contribution in [0.5, 0.6) is 5.75 Å². The summed E-state index contributed by atoms with van der Waals surface area (Å²) >= 11 is 13.0. The number of anilines is 3. The number of nitrogens with zero attached hydrogens (tertiary/aromatic N) is 1. The van der Waals surface area contributed by atoms with Crippen molar-refractivity contribution < 1.29 is 9.53 Å². The third kappa shape index (κ3) is 3.87. The highest BCUT2D eigenvalue weighted by Crippen LogP contribution is 2.31. The summed E-state index contributed by atoms with van der Waals surface area (Å²) < 4.78 is 5.12. The van der Waals surface area contributed by atoms with E-state index < -0.39 is 0 Å². The molecule has 1 heterocycles. The first-order valence-electron chi connectivity index (χ1n) is 7.15. The normalized spacial score (nSPS) is 10.5. The first-order valence-corrected chi connectivity index (χ1v) is 8.72. The lowest BCUT2D eigenvalue weighted by Crippen LogP contribution is -2.02. The van der Waals surface area contributed by atoms with Crippen LogP contribution in [0.3, 0.4) is 0 Å². The maximum absolute atomic E-state index is 12.6. The number of aromatic nitrogens is 1. The average Bonchev–Trinajstić information content (AvgIpc) is 2.97. The van der Waals surface area contributed by atoms with Gasteiger partial charge < -0.3 is 15.8 Å². The molecule has 8 heteroatoms. The molecule has 0 amide bonds. The van der Waals surface area contributed by atoms with Crippen LogP contribution in [0.25, 0.3) is 0 Å². The van der Waals surface area contributed by atoms with E-state index in [4.69, 9.17) is 33.7 Å². The van der Waals surface area contributed by atoms with E-state index in [9.17, 15) is 4.79 Å². The molecule has 0 spiro atoms. The van der Waals surface area contributed by atoms with Crippen LogP contribution in [0.4, 0.5) is 16.6 Å². The zero-order chi connectivity index (χ0) is 18.0. The predicted octanol–water partition coefficient (Wildman–Crippen LogP) is 5.02.